The van der Waals surface area contributed by atoms with Crippen molar-refractivity contribution in [1.29, 1.82) is 0 Å². The normalized spacial score (nSPS) is 12.0. The highest BCUT2D eigenvalue weighted by Crippen LogP contribution is 2.41. The quantitative estimate of drug-likeness (QED) is 0.213. The minimum atomic E-state index is 1.11. The van der Waals surface area contributed by atoms with E-state index >= 15 is 0 Å². The summed E-state index contributed by atoms with van der Waals surface area (Å²) in [4.78, 5) is 4.37. The van der Waals surface area contributed by atoms with Crippen LogP contribution >= 0.6 is 0 Å². The molecule has 4 heterocycles. The van der Waals surface area contributed by atoms with Gasteiger partial charge in [-0.25, -0.2) is 0 Å². The monoisotopic (exact) mass is 509 g/mol. The predicted molar refractivity (Wildman–Crippen MR) is 167 cm³/mol. The van der Waals surface area contributed by atoms with Gasteiger partial charge in [0.1, 0.15) is 0 Å². The number of rotatable bonds is 2. The van der Waals surface area contributed by atoms with Crippen molar-refractivity contribution in [3.8, 4) is 16.8 Å². The zero-order valence-electron chi connectivity index (χ0n) is 21.6. The van der Waals surface area contributed by atoms with Gasteiger partial charge in [-0.3, -0.25) is 4.98 Å². The van der Waals surface area contributed by atoms with E-state index in [-0.39, 0.29) is 0 Å². The van der Waals surface area contributed by atoms with E-state index in [1.54, 1.807) is 0 Å². The second-order valence-corrected chi connectivity index (χ2v) is 10.5. The first-order valence-electron chi connectivity index (χ1n) is 13.6. The van der Waals surface area contributed by atoms with Crippen LogP contribution in [0.4, 0.5) is 0 Å². The van der Waals surface area contributed by atoms with Crippen molar-refractivity contribution >= 4 is 59.9 Å². The summed E-state index contributed by atoms with van der Waals surface area (Å²) in [5.41, 5.74) is 9.51. The number of fused-ring (bicyclic) bond motifs is 12. The Kier molecular flexibility index (Phi) is 4.33. The lowest BCUT2D eigenvalue weighted by atomic mass is 10.0. The molecule has 9 aromatic rings. The van der Waals surface area contributed by atoms with Gasteiger partial charge in [0, 0.05) is 50.6 Å². The molecule has 3 heteroatoms. The van der Waals surface area contributed by atoms with E-state index in [2.05, 4.69) is 135 Å². The van der Waals surface area contributed by atoms with E-state index in [1.165, 1.54) is 59.9 Å². The smallest absolute Gasteiger partial charge is 0.0788 e. The molecular formula is C37H23N3. The van der Waals surface area contributed by atoms with Crippen LogP contribution < -0.4 is 0 Å². The fourth-order valence-corrected chi connectivity index (χ4v) is 6.65. The van der Waals surface area contributed by atoms with E-state index in [4.69, 9.17) is 0 Å². The Bertz CT molecular complexity index is 2430. The zero-order valence-corrected chi connectivity index (χ0v) is 21.6. The van der Waals surface area contributed by atoms with Gasteiger partial charge in [-0.15, -0.1) is 0 Å². The van der Waals surface area contributed by atoms with Gasteiger partial charge in [0.25, 0.3) is 0 Å². The number of benzene rings is 5. The summed E-state index contributed by atoms with van der Waals surface area (Å²) in [6, 6.07) is 46.2. The van der Waals surface area contributed by atoms with Crippen LogP contribution in [0.15, 0.2) is 140 Å². The van der Waals surface area contributed by atoms with E-state index in [0.717, 1.165) is 16.8 Å². The van der Waals surface area contributed by atoms with Gasteiger partial charge in [0.05, 0.1) is 27.6 Å². The fourth-order valence-electron chi connectivity index (χ4n) is 6.65. The fraction of sp³-hybridized carbons (Fsp3) is 0. The molecule has 0 spiro atoms. The highest BCUT2D eigenvalue weighted by Gasteiger charge is 2.20. The molecule has 0 atom stereocenters. The first kappa shape index (κ1) is 21.5. The Morgan fingerprint density at radius 1 is 0.450 bits per heavy atom. The Morgan fingerprint density at radius 3 is 1.98 bits per heavy atom. The third-order valence-corrected chi connectivity index (χ3v) is 8.34. The summed E-state index contributed by atoms with van der Waals surface area (Å²) in [5.74, 6) is 0. The van der Waals surface area contributed by atoms with E-state index < -0.39 is 0 Å². The van der Waals surface area contributed by atoms with Gasteiger partial charge in [-0.05, 0) is 47.3 Å². The van der Waals surface area contributed by atoms with Crippen LogP contribution in [0.25, 0.3) is 76.7 Å². The SMILES string of the molecule is c1cncc(-c2cccc(-n3c4ccccc4c4ccc5c6ccccc6c6cc7ccccc7n6c5c43)c2)c1. The molecule has 0 saturated heterocycles. The van der Waals surface area contributed by atoms with Crippen LogP contribution in [0.2, 0.25) is 0 Å². The standard InChI is InChI=1S/C37H23N3/c1-5-16-33-25(9-1)22-35-29-14-3-2-13-28(29)31-18-19-32-30-15-4-6-17-34(30)39(36(32)37(31)40(33)35)27-12-7-10-24(21-27)26-11-8-20-38-23-26/h1-23H. The number of pyridine rings is 2. The first-order valence-corrected chi connectivity index (χ1v) is 13.6. The van der Waals surface area contributed by atoms with Crippen LogP contribution in [-0.4, -0.2) is 14.0 Å². The Balaban J connectivity index is 1.54. The summed E-state index contributed by atoms with van der Waals surface area (Å²) in [5, 5.41) is 7.55. The summed E-state index contributed by atoms with van der Waals surface area (Å²) in [7, 11) is 0. The molecule has 0 radical (unpaired) electrons. The lowest BCUT2D eigenvalue weighted by molar-refractivity contribution is 1.18. The minimum absolute atomic E-state index is 1.11. The number of nitrogens with zero attached hydrogens (tertiary/aromatic N) is 3. The third kappa shape index (κ3) is 2.86. The Labute approximate surface area is 230 Å². The van der Waals surface area contributed by atoms with Crippen molar-refractivity contribution in [1.82, 2.24) is 14.0 Å². The van der Waals surface area contributed by atoms with Crippen LogP contribution in [0.1, 0.15) is 0 Å². The maximum Gasteiger partial charge on any atom is 0.0788 e. The lowest BCUT2D eigenvalue weighted by Gasteiger charge is -2.15. The molecular weight excluding hydrogens is 486 g/mol. The van der Waals surface area contributed by atoms with Crippen LogP contribution in [0.5, 0.6) is 0 Å². The topological polar surface area (TPSA) is 22.2 Å². The molecule has 0 saturated carbocycles. The summed E-state index contributed by atoms with van der Waals surface area (Å²) < 4.78 is 4.94. The highest BCUT2D eigenvalue weighted by atomic mass is 15.0. The third-order valence-electron chi connectivity index (χ3n) is 8.34. The molecule has 0 aliphatic heterocycles. The van der Waals surface area contributed by atoms with Crippen LogP contribution in [-0.2, 0) is 0 Å². The minimum Gasteiger partial charge on any atom is -0.307 e. The molecule has 0 amide bonds. The largest absolute Gasteiger partial charge is 0.307 e. The zero-order chi connectivity index (χ0) is 26.2. The molecule has 9 rings (SSSR count). The summed E-state index contributed by atoms with van der Waals surface area (Å²) in [6.07, 6.45) is 3.76. The molecule has 40 heavy (non-hydrogen) atoms. The molecule has 4 aromatic heterocycles. The number of hydrogen-bond donors (Lipinski definition) is 0. The van der Waals surface area contributed by atoms with Gasteiger partial charge in [-0.1, -0.05) is 91.0 Å². The van der Waals surface area contributed by atoms with Crippen molar-refractivity contribution < 1.29 is 0 Å². The summed E-state index contributed by atoms with van der Waals surface area (Å²) >= 11 is 0. The van der Waals surface area contributed by atoms with Crippen LogP contribution in [0, 0.1) is 0 Å². The number of hydrogen-bond acceptors (Lipinski definition) is 1. The molecule has 3 nitrogen and oxygen atoms in total. The van der Waals surface area contributed by atoms with Gasteiger partial charge >= 0.3 is 0 Å². The van der Waals surface area contributed by atoms with Crippen molar-refractivity contribution in [3.05, 3.63) is 140 Å². The summed E-state index contributed by atoms with van der Waals surface area (Å²) in [6.45, 7) is 0. The second kappa shape index (κ2) is 8.05. The van der Waals surface area contributed by atoms with Gasteiger partial charge in [-0.2, -0.15) is 0 Å². The second-order valence-electron chi connectivity index (χ2n) is 10.5. The molecule has 186 valence electrons. The maximum atomic E-state index is 4.37. The number of para-hydroxylation sites is 2. The van der Waals surface area contributed by atoms with E-state index in [0.29, 0.717) is 0 Å². The van der Waals surface area contributed by atoms with Crippen LogP contribution in [0.3, 0.4) is 0 Å². The van der Waals surface area contributed by atoms with Crippen molar-refractivity contribution in [2.45, 2.75) is 0 Å². The van der Waals surface area contributed by atoms with E-state index in [9.17, 15) is 0 Å². The van der Waals surface area contributed by atoms with Gasteiger partial charge < -0.3 is 8.97 Å². The predicted octanol–water partition coefficient (Wildman–Crippen LogP) is 9.56. The average molecular weight is 510 g/mol. The van der Waals surface area contributed by atoms with Crippen molar-refractivity contribution in [2.75, 3.05) is 0 Å². The van der Waals surface area contributed by atoms with Crippen molar-refractivity contribution in [3.63, 3.8) is 0 Å². The Morgan fingerprint density at radius 2 is 1.15 bits per heavy atom. The van der Waals surface area contributed by atoms with Gasteiger partial charge in [0.2, 0.25) is 0 Å². The molecule has 0 fully saturated rings. The highest BCUT2D eigenvalue weighted by molar-refractivity contribution is 6.25. The molecule has 0 unspecified atom stereocenters. The Hall–Kier alpha value is -5.41. The molecule has 0 N–H and O–H groups in total. The average Bonchev–Trinajstić information content (AvgIpc) is 3.58. The molecule has 0 bridgehead atoms. The molecule has 5 aromatic carbocycles. The molecule has 0 aliphatic carbocycles. The number of aromatic nitrogens is 3. The first-order chi connectivity index (χ1) is 19.9. The maximum absolute atomic E-state index is 4.37. The van der Waals surface area contributed by atoms with Crippen molar-refractivity contribution in [2.24, 2.45) is 0 Å². The lowest BCUT2D eigenvalue weighted by Crippen LogP contribution is -1.98. The molecule has 0 aliphatic rings. The van der Waals surface area contributed by atoms with E-state index in [1.807, 2.05) is 18.5 Å². The van der Waals surface area contributed by atoms with Gasteiger partial charge in [0.15, 0.2) is 0 Å².